The van der Waals surface area contributed by atoms with E-state index in [1.165, 1.54) is 32.1 Å². The first-order valence-corrected chi connectivity index (χ1v) is 11.2. The Labute approximate surface area is 172 Å². The van der Waals surface area contributed by atoms with Gasteiger partial charge in [-0.05, 0) is 45.1 Å². The summed E-state index contributed by atoms with van der Waals surface area (Å²) >= 11 is 0. The fourth-order valence-electron chi connectivity index (χ4n) is 3.42. The van der Waals surface area contributed by atoms with Crippen LogP contribution in [0.4, 0.5) is 0 Å². The van der Waals surface area contributed by atoms with E-state index in [0.29, 0.717) is 13.0 Å². The van der Waals surface area contributed by atoms with Crippen LogP contribution in [0, 0.1) is 11.8 Å². The number of carbonyl (C=O) groups excluding carboxylic acids is 2. The molecule has 0 heterocycles. The van der Waals surface area contributed by atoms with Gasteiger partial charge in [0, 0.05) is 17.6 Å². The molecule has 0 aliphatic heterocycles. The summed E-state index contributed by atoms with van der Waals surface area (Å²) in [4.78, 5) is 24.7. The number of unbranched alkanes of at least 4 members (excludes halogenated alkanes) is 7. The molecule has 1 aliphatic carbocycles. The molecule has 0 unspecified atom stereocenters. The predicted molar refractivity (Wildman–Crippen MR) is 116 cm³/mol. The molecule has 0 aromatic rings. The number of hydrogen-bond donors (Lipinski definition) is 0. The van der Waals surface area contributed by atoms with Crippen molar-refractivity contribution in [2.75, 3.05) is 6.61 Å². The highest BCUT2D eigenvalue weighted by Gasteiger charge is 2.19. The molecule has 3 heteroatoms. The average Bonchev–Trinajstić information content (AvgIpc) is 2.81. The molecular weight excluding hydrogens is 348 g/mol. The van der Waals surface area contributed by atoms with Crippen molar-refractivity contribution in [3.05, 3.63) is 22.8 Å². The molecular formula is C25H38O3. The Bertz CT molecular complexity index is 613. The molecule has 0 spiro atoms. The summed E-state index contributed by atoms with van der Waals surface area (Å²) in [6, 6.07) is 0. The number of allylic oxidation sites excluding steroid dienone is 3. The maximum Gasteiger partial charge on any atom is 0.309 e. The van der Waals surface area contributed by atoms with Crippen LogP contribution in [0.1, 0.15) is 104 Å². The largest absolute Gasteiger partial charge is 0.466 e. The summed E-state index contributed by atoms with van der Waals surface area (Å²) in [5.74, 6) is 6.40. The average molecular weight is 387 g/mol. The molecule has 0 fully saturated rings. The van der Waals surface area contributed by atoms with E-state index < -0.39 is 0 Å². The van der Waals surface area contributed by atoms with E-state index in [0.717, 1.165) is 55.2 Å². The number of ketones is 1. The molecule has 0 saturated carbocycles. The summed E-state index contributed by atoms with van der Waals surface area (Å²) in [5, 5.41) is 0. The van der Waals surface area contributed by atoms with Gasteiger partial charge >= 0.3 is 5.97 Å². The van der Waals surface area contributed by atoms with Crippen LogP contribution in [0.3, 0.4) is 0 Å². The second-order valence-electron chi connectivity index (χ2n) is 7.53. The minimum absolute atomic E-state index is 0.0450. The van der Waals surface area contributed by atoms with E-state index in [2.05, 4.69) is 25.7 Å². The Hall–Kier alpha value is -1.82. The highest BCUT2D eigenvalue weighted by Crippen LogP contribution is 2.26. The van der Waals surface area contributed by atoms with Gasteiger partial charge in [-0.3, -0.25) is 9.59 Å². The number of rotatable bonds is 12. The molecule has 3 nitrogen and oxygen atoms in total. The molecule has 0 bridgehead atoms. The summed E-state index contributed by atoms with van der Waals surface area (Å²) < 4.78 is 5.05. The van der Waals surface area contributed by atoms with Crippen LogP contribution in [0.5, 0.6) is 0 Å². The highest BCUT2D eigenvalue weighted by atomic mass is 16.5. The maximum atomic E-state index is 12.9. The van der Waals surface area contributed by atoms with Crippen molar-refractivity contribution >= 4 is 11.8 Å². The van der Waals surface area contributed by atoms with Crippen LogP contribution in [0.2, 0.25) is 0 Å². The Kier molecular flexibility index (Phi) is 13.1. The molecule has 1 rings (SSSR count). The zero-order valence-electron chi connectivity index (χ0n) is 18.2. The first-order chi connectivity index (χ1) is 13.6. The quantitative estimate of drug-likeness (QED) is 0.219. The maximum absolute atomic E-state index is 12.9. The van der Waals surface area contributed by atoms with E-state index >= 15 is 0 Å². The fraction of sp³-hybridized carbons (Fsp3) is 0.680. The molecule has 0 saturated heterocycles. The Morgan fingerprint density at radius 2 is 1.71 bits per heavy atom. The summed E-state index contributed by atoms with van der Waals surface area (Å²) in [6.07, 6.45) is 14.4. The molecule has 28 heavy (non-hydrogen) atoms. The van der Waals surface area contributed by atoms with Gasteiger partial charge in [0.25, 0.3) is 0 Å². The van der Waals surface area contributed by atoms with Gasteiger partial charge in [-0.2, -0.15) is 0 Å². The van der Waals surface area contributed by atoms with Gasteiger partial charge in [0.2, 0.25) is 0 Å². The molecule has 156 valence electrons. The number of esters is 1. The first-order valence-electron chi connectivity index (χ1n) is 11.2. The molecule has 0 radical (unpaired) electrons. The smallest absolute Gasteiger partial charge is 0.309 e. The Balaban J connectivity index is 2.83. The SMILES string of the molecule is CCCCCCC#CC1=C(CCCCCC)C(=O)C=C(CC(=O)OCC)CC1. The van der Waals surface area contributed by atoms with Gasteiger partial charge in [-0.1, -0.05) is 69.8 Å². The van der Waals surface area contributed by atoms with Gasteiger partial charge in [-0.25, -0.2) is 0 Å². The zero-order valence-corrected chi connectivity index (χ0v) is 18.2. The first kappa shape index (κ1) is 24.2. The van der Waals surface area contributed by atoms with Crippen LogP contribution in [-0.2, 0) is 14.3 Å². The zero-order chi connectivity index (χ0) is 20.6. The highest BCUT2D eigenvalue weighted by molar-refractivity contribution is 6.06. The van der Waals surface area contributed by atoms with Crippen molar-refractivity contribution < 1.29 is 14.3 Å². The Morgan fingerprint density at radius 1 is 1.00 bits per heavy atom. The second-order valence-corrected chi connectivity index (χ2v) is 7.53. The van der Waals surface area contributed by atoms with Crippen LogP contribution < -0.4 is 0 Å². The molecule has 0 N–H and O–H groups in total. The van der Waals surface area contributed by atoms with Crippen molar-refractivity contribution in [3.8, 4) is 11.8 Å². The minimum atomic E-state index is -0.253. The lowest BCUT2D eigenvalue weighted by Crippen LogP contribution is -2.06. The topological polar surface area (TPSA) is 43.4 Å². The Morgan fingerprint density at radius 3 is 2.39 bits per heavy atom. The summed E-state index contributed by atoms with van der Waals surface area (Å²) in [6.45, 7) is 6.57. The third-order valence-electron chi connectivity index (χ3n) is 5.04. The van der Waals surface area contributed by atoms with Crippen LogP contribution in [0.15, 0.2) is 22.8 Å². The van der Waals surface area contributed by atoms with Crippen molar-refractivity contribution in [1.29, 1.82) is 0 Å². The molecule has 0 aromatic carbocycles. The summed E-state index contributed by atoms with van der Waals surface area (Å²) in [7, 11) is 0. The van der Waals surface area contributed by atoms with E-state index in [1.807, 2.05) is 0 Å². The van der Waals surface area contributed by atoms with Crippen LogP contribution in [-0.4, -0.2) is 18.4 Å². The van der Waals surface area contributed by atoms with Crippen molar-refractivity contribution in [1.82, 2.24) is 0 Å². The predicted octanol–water partition coefficient (Wildman–Crippen LogP) is 6.47. The lowest BCUT2D eigenvalue weighted by atomic mass is 9.96. The van der Waals surface area contributed by atoms with Gasteiger partial charge < -0.3 is 4.74 Å². The summed E-state index contributed by atoms with van der Waals surface area (Å²) in [5.41, 5.74) is 2.73. The fourth-order valence-corrected chi connectivity index (χ4v) is 3.42. The van der Waals surface area contributed by atoms with Crippen LogP contribution >= 0.6 is 0 Å². The van der Waals surface area contributed by atoms with E-state index in [-0.39, 0.29) is 18.2 Å². The monoisotopic (exact) mass is 386 g/mol. The number of hydrogen-bond acceptors (Lipinski definition) is 3. The third kappa shape index (κ3) is 9.93. The van der Waals surface area contributed by atoms with Crippen molar-refractivity contribution in [2.45, 2.75) is 104 Å². The van der Waals surface area contributed by atoms with Crippen molar-refractivity contribution in [3.63, 3.8) is 0 Å². The lowest BCUT2D eigenvalue weighted by molar-refractivity contribution is -0.142. The van der Waals surface area contributed by atoms with E-state index in [1.54, 1.807) is 13.0 Å². The molecule has 0 atom stereocenters. The van der Waals surface area contributed by atoms with E-state index in [4.69, 9.17) is 4.74 Å². The van der Waals surface area contributed by atoms with Crippen molar-refractivity contribution in [2.24, 2.45) is 0 Å². The lowest BCUT2D eigenvalue weighted by Gasteiger charge is -2.07. The molecule has 0 amide bonds. The van der Waals surface area contributed by atoms with Gasteiger partial charge in [0.05, 0.1) is 13.0 Å². The van der Waals surface area contributed by atoms with Gasteiger partial charge in [0.15, 0.2) is 5.78 Å². The second kappa shape index (κ2) is 15.1. The normalized spacial score (nSPS) is 14.2. The van der Waals surface area contributed by atoms with Crippen LogP contribution in [0.25, 0.3) is 0 Å². The molecule has 0 aromatic heterocycles. The minimum Gasteiger partial charge on any atom is -0.466 e. The van der Waals surface area contributed by atoms with E-state index in [9.17, 15) is 9.59 Å². The number of carbonyl (C=O) groups is 2. The third-order valence-corrected chi connectivity index (χ3v) is 5.04. The molecule has 1 aliphatic rings. The number of ether oxygens (including phenoxy) is 1. The van der Waals surface area contributed by atoms with Gasteiger partial charge in [-0.15, -0.1) is 0 Å². The van der Waals surface area contributed by atoms with Gasteiger partial charge in [0.1, 0.15) is 0 Å². The standard InChI is InChI=1S/C25H38O3/c1-4-7-9-11-12-13-15-22-18-17-21(20-25(27)28-6-3)19-24(26)23(22)16-14-10-8-5-2/h19H,4-12,14,16-18,20H2,1-3H3.